The summed E-state index contributed by atoms with van der Waals surface area (Å²) in [5.41, 5.74) is 0.401. The molecule has 0 atom stereocenters. The first-order chi connectivity index (χ1) is 9.13. The SMILES string of the molecule is C#CCCCCNC(=O)c1ccc(OC(F)F)cc1. The Kier molecular flexibility index (Phi) is 6.37. The number of hydrogen-bond donors (Lipinski definition) is 1. The van der Waals surface area contributed by atoms with Crippen LogP contribution in [-0.4, -0.2) is 19.1 Å². The molecule has 0 fully saturated rings. The molecular formula is C14H15F2NO2. The van der Waals surface area contributed by atoms with E-state index in [2.05, 4.69) is 16.0 Å². The minimum absolute atomic E-state index is 0.0283. The molecule has 0 saturated heterocycles. The molecule has 0 aliphatic carbocycles. The molecule has 102 valence electrons. The third-order valence-corrected chi connectivity index (χ3v) is 2.38. The van der Waals surface area contributed by atoms with Crippen LogP contribution in [0.4, 0.5) is 8.78 Å². The van der Waals surface area contributed by atoms with Gasteiger partial charge in [-0.2, -0.15) is 8.78 Å². The van der Waals surface area contributed by atoms with Gasteiger partial charge < -0.3 is 10.1 Å². The third-order valence-electron chi connectivity index (χ3n) is 2.38. The van der Waals surface area contributed by atoms with Crippen molar-refractivity contribution >= 4 is 5.91 Å². The molecule has 1 aromatic carbocycles. The molecule has 19 heavy (non-hydrogen) atoms. The highest BCUT2D eigenvalue weighted by molar-refractivity contribution is 5.94. The van der Waals surface area contributed by atoms with E-state index in [1.54, 1.807) is 0 Å². The highest BCUT2D eigenvalue weighted by Gasteiger charge is 2.07. The van der Waals surface area contributed by atoms with Crippen LogP contribution in [0.15, 0.2) is 24.3 Å². The predicted molar refractivity (Wildman–Crippen MR) is 68.1 cm³/mol. The van der Waals surface area contributed by atoms with E-state index < -0.39 is 6.61 Å². The summed E-state index contributed by atoms with van der Waals surface area (Å²) in [6, 6.07) is 5.54. The van der Waals surface area contributed by atoms with Crippen molar-refractivity contribution in [1.82, 2.24) is 5.32 Å². The number of benzene rings is 1. The van der Waals surface area contributed by atoms with Gasteiger partial charge in [0.05, 0.1) is 0 Å². The van der Waals surface area contributed by atoms with Crippen LogP contribution < -0.4 is 10.1 Å². The van der Waals surface area contributed by atoms with Gasteiger partial charge in [0.2, 0.25) is 0 Å². The van der Waals surface area contributed by atoms with Crippen LogP contribution in [-0.2, 0) is 0 Å². The second-order valence-corrected chi connectivity index (χ2v) is 3.82. The summed E-state index contributed by atoms with van der Waals surface area (Å²) < 4.78 is 28.1. The molecule has 0 radical (unpaired) electrons. The molecule has 0 heterocycles. The molecule has 0 bridgehead atoms. The molecule has 0 aliphatic rings. The van der Waals surface area contributed by atoms with Gasteiger partial charge in [0.1, 0.15) is 5.75 Å². The summed E-state index contributed by atoms with van der Waals surface area (Å²) in [4.78, 5) is 11.7. The van der Waals surface area contributed by atoms with E-state index in [0.29, 0.717) is 18.5 Å². The zero-order chi connectivity index (χ0) is 14.1. The minimum atomic E-state index is -2.86. The number of amides is 1. The smallest absolute Gasteiger partial charge is 0.387 e. The van der Waals surface area contributed by atoms with E-state index in [4.69, 9.17) is 6.42 Å². The Morgan fingerprint density at radius 3 is 2.58 bits per heavy atom. The maximum atomic E-state index is 11.9. The standard InChI is InChI=1S/C14H15F2NO2/c1-2-3-4-5-10-17-13(18)11-6-8-12(9-7-11)19-14(15)16/h1,6-9,14H,3-5,10H2,(H,17,18). The summed E-state index contributed by atoms with van der Waals surface area (Å²) in [5.74, 6) is 2.30. The number of rotatable bonds is 7. The Balaban J connectivity index is 2.38. The summed E-state index contributed by atoms with van der Waals surface area (Å²) >= 11 is 0. The van der Waals surface area contributed by atoms with Crippen LogP contribution in [0.1, 0.15) is 29.6 Å². The van der Waals surface area contributed by atoms with Gasteiger partial charge in [-0.25, -0.2) is 0 Å². The maximum absolute atomic E-state index is 11.9. The lowest BCUT2D eigenvalue weighted by Crippen LogP contribution is -2.24. The monoisotopic (exact) mass is 267 g/mol. The number of carbonyl (C=O) groups is 1. The van der Waals surface area contributed by atoms with Crippen LogP contribution in [0, 0.1) is 12.3 Å². The predicted octanol–water partition coefficient (Wildman–Crippen LogP) is 2.82. The number of carbonyl (C=O) groups excluding carboxylic acids is 1. The number of unbranched alkanes of at least 4 members (excludes halogenated alkanes) is 2. The fourth-order valence-electron chi connectivity index (χ4n) is 1.44. The second kappa shape index (κ2) is 8.09. The highest BCUT2D eigenvalue weighted by atomic mass is 19.3. The molecule has 0 aromatic heterocycles. The first kappa shape index (κ1) is 15.0. The van der Waals surface area contributed by atoms with E-state index >= 15 is 0 Å². The highest BCUT2D eigenvalue weighted by Crippen LogP contribution is 2.14. The van der Waals surface area contributed by atoms with E-state index in [1.807, 2.05) is 0 Å². The molecule has 0 saturated carbocycles. The fraction of sp³-hybridized carbons (Fsp3) is 0.357. The minimum Gasteiger partial charge on any atom is -0.435 e. The van der Waals surface area contributed by atoms with E-state index in [0.717, 1.165) is 12.8 Å². The lowest BCUT2D eigenvalue weighted by molar-refractivity contribution is -0.0498. The first-order valence-electron chi connectivity index (χ1n) is 5.90. The zero-order valence-electron chi connectivity index (χ0n) is 10.4. The average Bonchev–Trinajstić information content (AvgIpc) is 2.38. The first-order valence-corrected chi connectivity index (χ1v) is 5.90. The molecule has 0 unspecified atom stereocenters. The summed E-state index contributed by atoms with van der Waals surface area (Å²) in [5, 5.41) is 2.72. The molecule has 1 rings (SSSR count). The lowest BCUT2D eigenvalue weighted by Gasteiger charge is -2.06. The van der Waals surface area contributed by atoms with Crippen molar-refractivity contribution in [3.8, 4) is 18.1 Å². The second-order valence-electron chi connectivity index (χ2n) is 3.82. The van der Waals surface area contributed by atoms with E-state index in [9.17, 15) is 13.6 Å². The van der Waals surface area contributed by atoms with Gasteiger partial charge >= 0.3 is 6.61 Å². The van der Waals surface area contributed by atoms with Gasteiger partial charge in [-0.15, -0.1) is 12.3 Å². The Bertz CT molecular complexity index is 438. The molecule has 0 aliphatic heterocycles. The molecule has 0 spiro atoms. The van der Waals surface area contributed by atoms with Crippen molar-refractivity contribution < 1.29 is 18.3 Å². The molecular weight excluding hydrogens is 252 g/mol. The summed E-state index contributed by atoms with van der Waals surface area (Å²) in [6.45, 7) is -2.33. The van der Waals surface area contributed by atoms with Crippen LogP contribution in [0.5, 0.6) is 5.75 Å². The number of halogens is 2. The third kappa shape index (κ3) is 5.87. The van der Waals surface area contributed by atoms with Crippen molar-refractivity contribution in [2.45, 2.75) is 25.9 Å². The number of nitrogens with one attached hydrogen (secondary N) is 1. The van der Waals surface area contributed by atoms with Crippen LogP contribution in [0.3, 0.4) is 0 Å². The van der Waals surface area contributed by atoms with Gasteiger partial charge in [-0.05, 0) is 37.1 Å². The average molecular weight is 267 g/mol. The van der Waals surface area contributed by atoms with Crippen LogP contribution in [0.25, 0.3) is 0 Å². The lowest BCUT2D eigenvalue weighted by atomic mass is 10.2. The Hall–Kier alpha value is -2.09. The van der Waals surface area contributed by atoms with Crippen molar-refractivity contribution in [2.75, 3.05) is 6.54 Å². The van der Waals surface area contributed by atoms with Crippen LogP contribution >= 0.6 is 0 Å². The van der Waals surface area contributed by atoms with Gasteiger partial charge in [-0.3, -0.25) is 4.79 Å². The zero-order valence-corrected chi connectivity index (χ0v) is 10.4. The number of alkyl halides is 2. The normalized spacial score (nSPS) is 10.0. The topological polar surface area (TPSA) is 38.3 Å². The van der Waals surface area contributed by atoms with E-state index in [1.165, 1.54) is 24.3 Å². The summed E-state index contributed by atoms with van der Waals surface area (Å²) in [7, 11) is 0. The van der Waals surface area contributed by atoms with Gasteiger partial charge in [-0.1, -0.05) is 0 Å². The molecule has 1 N–H and O–H groups in total. The van der Waals surface area contributed by atoms with Crippen molar-refractivity contribution in [2.24, 2.45) is 0 Å². The number of ether oxygens (including phenoxy) is 1. The van der Waals surface area contributed by atoms with Gasteiger partial charge in [0, 0.05) is 18.5 Å². The molecule has 1 amide bonds. The Morgan fingerprint density at radius 2 is 2.00 bits per heavy atom. The summed E-state index contributed by atoms with van der Waals surface area (Å²) in [6.07, 6.45) is 7.46. The maximum Gasteiger partial charge on any atom is 0.387 e. The quantitative estimate of drug-likeness (QED) is 0.609. The number of hydrogen-bond acceptors (Lipinski definition) is 2. The van der Waals surface area contributed by atoms with Gasteiger partial charge in [0.25, 0.3) is 5.91 Å². The molecule has 5 heteroatoms. The van der Waals surface area contributed by atoms with Crippen molar-refractivity contribution in [3.05, 3.63) is 29.8 Å². The number of terminal acetylenes is 1. The van der Waals surface area contributed by atoms with E-state index in [-0.39, 0.29) is 11.7 Å². The van der Waals surface area contributed by atoms with Crippen molar-refractivity contribution in [3.63, 3.8) is 0 Å². The van der Waals surface area contributed by atoms with Gasteiger partial charge in [0.15, 0.2) is 0 Å². The fourth-order valence-corrected chi connectivity index (χ4v) is 1.44. The Morgan fingerprint density at radius 1 is 1.32 bits per heavy atom. The Labute approximate surface area is 111 Å². The molecule has 3 nitrogen and oxygen atoms in total. The molecule has 1 aromatic rings. The largest absolute Gasteiger partial charge is 0.435 e. The van der Waals surface area contributed by atoms with Crippen molar-refractivity contribution in [1.29, 1.82) is 0 Å². The van der Waals surface area contributed by atoms with Crippen LogP contribution in [0.2, 0.25) is 0 Å².